The minimum atomic E-state index is -4.15. The lowest BCUT2D eigenvalue weighted by atomic mass is 10.00. The summed E-state index contributed by atoms with van der Waals surface area (Å²) in [5, 5.41) is 6.37. The monoisotopic (exact) mass is 859 g/mol. The third-order valence-corrected chi connectivity index (χ3v) is 12.7. The van der Waals surface area contributed by atoms with Crippen molar-refractivity contribution in [2.24, 2.45) is 11.8 Å². The second-order valence-electron chi connectivity index (χ2n) is 14.2. The molecule has 14 nitrogen and oxygen atoms in total. The van der Waals surface area contributed by atoms with Crippen LogP contribution in [0, 0.1) is 11.8 Å². The Morgan fingerprint density at radius 1 is 0.807 bits per heavy atom. The standard InChI is InChI=1S/C21H25F2N5O4S.C15H17ClF2N2O3S/c1-3-24-19(29)15-11-25-28(13-15)33(30,31)16-4-5-18-17(10-16)26-20(21(2,22)23)27(18)12-14-6-8-32-9-7-14;1-15(17,18)14-19-12-8-11(24(16,21)22)2-3-13(12)20(14)9-10-4-6-23-7-5-10/h4-5,10-11,13-14H,3,6-9,12H2,1-2H3,(H,24,29);2-3,8,10H,4-7,9H2,1H3. The first kappa shape index (κ1) is 42.5. The summed E-state index contributed by atoms with van der Waals surface area (Å²) in [4.78, 5) is 19.7. The minimum Gasteiger partial charge on any atom is -0.381 e. The molecule has 2 fully saturated rings. The van der Waals surface area contributed by atoms with Crippen molar-refractivity contribution in [1.29, 1.82) is 0 Å². The van der Waals surface area contributed by atoms with Crippen LogP contribution in [0.25, 0.3) is 22.1 Å². The number of alkyl halides is 4. The number of nitrogens with one attached hydrogen (secondary N) is 1. The molecule has 1 amide bonds. The van der Waals surface area contributed by atoms with E-state index >= 15 is 0 Å². The average molecular weight is 860 g/mol. The Kier molecular flexibility index (Phi) is 12.4. The lowest BCUT2D eigenvalue weighted by Crippen LogP contribution is -2.24. The Morgan fingerprint density at radius 3 is 1.70 bits per heavy atom. The average Bonchev–Trinajstić information content (AvgIpc) is 3.89. The second kappa shape index (κ2) is 16.6. The molecule has 57 heavy (non-hydrogen) atoms. The smallest absolute Gasteiger partial charge is 0.302 e. The first-order chi connectivity index (χ1) is 26.8. The molecule has 5 aromatic rings. The Morgan fingerprint density at radius 2 is 1.26 bits per heavy atom. The van der Waals surface area contributed by atoms with Gasteiger partial charge in [-0.25, -0.2) is 18.4 Å². The van der Waals surface area contributed by atoms with Crippen LogP contribution in [0.5, 0.6) is 0 Å². The van der Waals surface area contributed by atoms with Crippen LogP contribution in [0.4, 0.5) is 17.6 Å². The number of benzene rings is 2. The van der Waals surface area contributed by atoms with Gasteiger partial charge in [0.1, 0.15) is 0 Å². The molecule has 2 aliphatic heterocycles. The molecule has 2 aromatic carbocycles. The lowest BCUT2D eigenvalue weighted by molar-refractivity contribution is 0.00156. The van der Waals surface area contributed by atoms with E-state index in [2.05, 4.69) is 20.4 Å². The summed E-state index contributed by atoms with van der Waals surface area (Å²) < 4.78 is 120. The van der Waals surface area contributed by atoms with Gasteiger partial charge in [-0.1, -0.05) is 0 Å². The number of ether oxygens (including phenoxy) is 2. The number of nitrogens with zero attached hydrogens (tertiary/aromatic N) is 6. The number of aromatic nitrogens is 6. The van der Waals surface area contributed by atoms with Crippen LogP contribution in [0.1, 0.15) is 68.5 Å². The van der Waals surface area contributed by atoms with Crippen LogP contribution >= 0.6 is 10.7 Å². The van der Waals surface area contributed by atoms with Gasteiger partial charge in [0.15, 0.2) is 11.6 Å². The minimum absolute atomic E-state index is 0.0927. The number of halogens is 5. The van der Waals surface area contributed by atoms with Crippen molar-refractivity contribution in [3.8, 4) is 0 Å². The topological polar surface area (TPSA) is 169 Å². The summed E-state index contributed by atoms with van der Waals surface area (Å²) in [6, 6.07) is 8.10. The van der Waals surface area contributed by atoms with E-state index in [0.29, 0.717) is 61.2 Å². The molecular weight excluding hydrogens is 818 g/mol. The third-order valence-electron chi connectivity index (χ3n) is 9.77. The summed E-state index contributed by atoms with van der Waals surface area (Å²) in [5.74, 6) is -7.18. The molecule has 0 spiro atoms. The van der Waals surface area contributed by atoms with Gasteiger partial charge >= 0.3 is 11.8 Å². The maximum absolute atomic E-state index is 14.4. The molecule has 21 heteroatoms. The van der Waals surface area contributed by atoms with E-state index in [-0.39, 0.29) is 44.0 Å². The number of hydrogen-bond acceptors (Lipinski definition) is 10. The fraction of sp³-hybridized carbons (Fsp3) is 0.500. The molecular formula is C36H42ClF4N7O7S2. The first-order valence-corrected chi connectivity index (χ1v) is 22.0. The Hall–Kier alpha value is -4.11. The van der Waals surface area contributed by atoms with E-state index in [1.54, 1.807) is 6.92 Å². The zero-order valence-corrected chi connectivity index (χ0v) is 33.7. The highest BCUT2D eigenvalue weighted by molar-refractivity contribution is 8.13. The maximum atomic E-state index is 14.4. The van der Waals surface area contributed by atoms with E-state index in [1.165, 1.54) is 45.5 Å². The Bertz CT molecular complexity index is 2470. The van der Waals surface area contributed by atoms with Crippen LogP contribution in [0.2, 0.25) is 0 Å². The van der Waals surface area contributed by atoms with Crippen molar-refractivity contribution in [1.82, 2.24) is 33.6 Å². The molecule has 2 aliphatic rings. The zero-order valence-electron chi connectivity index (χ0n) is 31.3. The predicted molar refractivity (Wildman–Crippen MR) is 202 cm³/mol. The number of hydrogen-bond donors (Lipinski definition) is 1. The van der Waals surface area contributed by atoms with Crippen molar-refractivity contribution in [2.45, 2.75) is 81.2 Å². The number of amides is 1. The quantitative estimate of drug-likeness (QED) is 0.118. The molecule has 0 radical (unpaired) electrons. The van der Waals surface area contributed by atoms with E-state index in [0.717, 1.165) is 51.9 Å². The van der Waals surface area contributed by atoms with Crippen LogP contribution in [-0.4, -0.2) is 84.0 Å². The summed E-state index contributed by atoms with van der Waals surface area (Å²) in [7, 11) is -2.77. The maximum Gasteiger partial charge on any atom is 0.302 e. The van der Waals surface area contributed by atoms with E-state index in [4.69, 9.17) is 20.2 Å². The van der Waals surface area contributed by atoms with Gasteiger partial charge in [-0.15, -0.1) is 0 Å². The molecule has 5 heterocycles. The normalized spacial score (nSPS) is 16.5. The highest BCUT2D eigenvalue weighted by Crippen LogP contribution is 2.34. The number of imidazole rings is 2. The van der Waals surface area contributed by atoms with Crippen LogP contribution in [0.3, 0.4) is 0 Å². The number of fused-ring (bicyclic) bond motifs is 2. The first-order valence-electron chi connectivity index (χ1n) is 18.2. The number of carbonyl (C=O) groups is 1. The van der Waals surface area contributed by atoms with Crippen LogP contribution < -0.4 is 5.32 Å². The van der Waals surface area contributed by atoms with Gasteiger partial charge in [-0.3, -0.25) is 4.79 Å². The Labute approximate surface area is 331 Å². The molecule has 2 saturated heterocycles. The van der Waals surface area contributed by atoms with Crippen molar-refractivity contribution < 1.29 is 48.7 Å². The van der Waals surface area contributed by atoms with Crippen molar-refractivity contribution in [3.63, 3.8) is 0 Å². The third kappa shape index (κ3) is 9.62. The SMILES string of the molecule is CC(F)(F)c1nc2cc(S(=O)(=O)Cl)ccc2n1CC1CCOCC1.CCNC(=O)c1cnn(S(=O)(=O)c2ccc3c(c2)nc(C(C)(F)F)n3CC2CCOCC2)c1. The molecule has 0 saturated carbocycles. The molecule has 7 rings (SSSR count). The predicted octanol–water partition coefficient (Wildman–Crippen LogP) is 6.26. The van der Waals surface area contributed by atoms with Gasteiger partial charge in [0.05, 0.1) is 49.8 Å². The fourth-order valence-corrected chi connectivity index (χ4v) is 8.78. The zero-order chi connectivity index (χ0) is 41.3. The number of rotatable bonds is 11. The summed E-state index contributed by atoms with van der Waals surface area (Å²) in [5.41, 5.74) is 1.34. The summed E-state index contributed by atoms with van der Waals surface area (Å²) in [6.07, 6.45) is 5.37. The fourth-order valence-electron chi connectivity index (χ4n) is 6.87. The Balaban J connectivity index is 0.000000203. The second-order valence-corrected chi connectivity index (χ2v) is 18.5. The highest BCUT2D eigenvalue weighted by atomic mass is 35.7. The summed E-state index contributed by atoms with van der Waals surface area (Å²) in [6.45, 7) is 6.82. The van der Waals surface area contributed by atoms with Crippen molar-refractivity contribution >= 4 is 57.7 Å². The van der Waals surface area contributed by atoms with E-state index < -0.39 is 42.7 Å². The molecule has 0 atom stereocenters. The largest absolute Gasteiger partial charge is 0.381 e. The van der Waals surface area contributed by atoms with Crippen molar-refractivity contribution in [3.05, 3.63) is 66.0 Å². The number of carbonyl (C=O) groups excluding carboxylic acids is 1. The van der Waals surface area contributed by atoms with Crippen molar-refractivity contribution in [2.75, 3.05) is 33.0 Å². The lowest BCUT2D eigenvalue weighted by Gasteiger charge is -2.24. The molecule has 0 unspecified atom stereocenters. The van der Waals surface area contributed by atoms with Gasteiger partial charge in [-0.05, 0) is 80.8 Å². The molecule has 0 aliphatic carbocycles. The molecule has 1 N–H and O–H groups in total. The molecule has 310 valence electrons. The van der Waals surface area contributed by atoms with Gasteiger partial charge in [0, 0.05) is 70.6 Å². The van der Waals surface area contributed by atoms with Gasteiger partial charge in [0.25, 0.3) is 25.0 Å². The highest BCUT2D eigenvalue weighted by Gasteiger charge is 2.35. The van der Waals surface area contributed by atoms with Crippen LogP contribution in [0.15, 0.2) is 58.6 Å². The van der Waals surface area contributed by atoms with E-state index in [1.807, 2.05) is 0 Å². The van der Waals surface area contributed by atoms with Crippen LogP contribution in [-0.2, 0) is 53.5 Å². The molecule has 0 bridgehead atoms. The summed E-state index contributed by atoms with van der Waals surface area (Å²) >= 11 is 0. The van der Waals surface area contributed by atoms with Gasteiger partial charge in [-0.2, -0.15) is 35.2 Å². The van der Waals surface area contributed by atoms with Gasteiger partial charge < -0.3 is 23.9 Å². The van der Waals surface area contributed by atoms with E-state index in [9.17, 15) is 39.2 Å². The molecule has 3 aromatic heterocycles. The van der Waals surface area contributed by atoms with Gasteiger partial charge in [0.2, 0.25) is 0 Å².